The number of nitrogens with one attached hydrogen (secondary N) is 1. The van der Waals surface area contributed by atoms with Crippen molar-refractivity contribution in [3.8, 4) is 0 Å². The first kappa shape index (κ1) is 13.2. The second-order valence-electron chi connectivity index (χ2n) is 4.29. The third-order valence-electron chi connectivity index (χ3n) is 2.83. The molecule has 0 bridgehead atoms. The van der Waals surface area contributed by atoms with E-state index in [0.717, 1.165) is 10.0 Å². The van der Waals surface area contributed by atoms with Crippen molar-refractivity contribution in [2.45, 2.75) is 19.5 Å². The molecule has 0 spiro atoms. The van der Waals surface area contributed by atoms with Gasteiger partial charge in [0, 0.05) is 17.1 Å². The molecule has 0 saturated carbocycles. The molecule has 0 fully saturated rings. The summed E-state index contributed by atoms with van der Waals surface area (Å²) in [5, 5.41) is 3.38. The minimum atomic E-state index is -0.214. The molecule has 1 N–H and O–H groups in total. The maximum Gasteiger partial charge on any atom is 0.124 e. The van der Waals surface area contributed by atoms with Gasteiger partial charge in [0.05, 0.1) is 0 Å². The average Bonchev–Trinajstić information content (AvgIpc) is 2.36. The van der Waals surface area contributed by atoms with Crippen molar-refractivity contribution in [1.82, 2.24) is 5.32 Å². The first-order chi connectivity index (χ1) is 8.65. The van der Waals surface area contributed by atoms with Crippen LogP contribution in [0.15, 0.2) is 53.0 Å². The molecule has 0 aliphatic rings. The fourth-order valence-corrected chi connectivity index (χ4v) is 2.36. The van der Waals surface area contributed by atoms with Gasteiger partial charge in [-0.3, -0.25) is 0 Å². The molecule has 0 saturated heterocycles. The van der Waals surface area contributed by atoms with Crippen LogP contribution in [0.1, 0.15) is 24.1 Å². The van der Waals surface area contributed by atoms with Crippen molar-refractivity contribution < 1.29 is 4.39 Å². The zero-order chi connectivity index (χ0) is 13.0. The summed E-state index contributed by atoms with van der Waals surface area (Å²) < 4.78 is 14.0. The highest BCUT2D eigenvalue weighted by atomic mass is 79.9. The van der Waals surface area contributed by atoms with Crippen molar-refractivity contribution in [3.63, 3.8) is 0 Å². The molecule has 3 heteroatoms. The number of hydrogen-bond donors (Lipinski definition) is 1. The molecule has 0 radical (unpaired) electrons. The Balaban J connectivity index is 1.99. The van der Waals surface area contributed by atoms with E-state index in [1.54, 1.807) is 6.07 Å². The lowest BCUT2D eigenvalue weighted by Crippen LogP contribution is -2.18. The number of rotatable bonds is 4. The smallest absolute Gasteiger partial charge is 0.124 e. The maximum absolute atomic E-state index is 13.2. The van der Waals surface area contributed by atoms with Gasteiger partial charge in [-0.1, -0.05) is 46.3 Å². The van der Waals surface area contributed by atoms with Gasteiger partial charge in [0.25, 0.3) is 0 Å². The van der Waals surface area contributed by atoms with E-state index in [-0.39, 0.29) is 11.9 Å². The molecule has 1 atom stereocenters. The van der Waals surface area contributed by atoms with Gasteiger partial charge in [-0.05, 0) is 36.2 Å². The highest BCUT2D eigenvalue weighted by Crippen LogP contribution is 2.16. The maximum atomic E-state index is 13.2. The lowest BCUT2D eigenvalue weighted by Gasteiger charge is -2.14. The minimum Gasteiger partial charge on any atom is -0.306 e. The summed E-state index contributed by atoms with van der Waals surface area (Å²) in [6.45, 7) is 2.75. The summed E-state index contributed by atoms with van der Waals surface area (Å²) in [4.78, 5) is 0. The molecule has 0 aliphatic carbocycles. The van der Waals surface area contributed by atoms with E-state index in [0.29, 0.717) is 6.54 Å². The Kier molecular flexibility index (Phi) is 4.50. The average molecular weight is 308 g/mol. The quantitative estimate of drug-likeness (QED) is 0.880. The van der Waals surface area contributed by atoms with Crippen LogP contribution in [-0.4, -0.2) is 0 Å². The molecule has 0 heterocycles. The SMILES string of the molecule is CC(NCc1cc(F)cc(Br)c1)c1ccccc1. The van der Waals surface area contributed by atoms with Crippen molar-refractivity contribution in [3.05, 3.63) is 69.9 Å². The minimum absolute atomic E-state index is 0.214. The van der Waals surface area contributed by atoms with E-state index in [1.165, 1.54) is 11.6 Å². The first-order valence-corrected chi connectivity index (χ1v) is 6.68. The van der Waals surface area contributed by atoms with Gasteiger partial charge < -0.3 is 5.32 Å². The zero-order valence-electron chi connectivity index (χ0n) is 10.2. The van der Waals surface area contributed by atoms with Crippen LogP contribution in [0.4, 0.5) is 4.39 Å². The van der Waals surface area contributed by atoms with E-state index in [2.05, 4.69) is 40.3 Å². The zero-order valence-corrected chi connectivity index (χ0v) is 11.7. The molecule has 1 nitrogen and oxygen atoms in total. The summed E-state index contributed by atoms with van der Waals surface area (Å²) in [6, 6.07) is 15.4. The topological polar surface area (TPSA) is 12.0 Å². The highest BCUT2D eigenvalue weighted by molar-refractivity contribution is 9.10. The predicted octanol–water partition coefficient (Wildman–Crippen LogP) is 4.44. The molecule has 2 aromatic rings. The summed E-state index contributed by atoms with van der Waals surface area (Å²) in [6.07, 6.45) is 0. The van der Waals surface area contributed by atoms with E-state index in [9.17, 15) is 4.39 Å². The van der Waals surface area contributed by atoms with E-state index in [1.807, 2.05) is 24.3 Å². The standard InChI is InChI=1S/C15H15BrFN/c1-11(13-5-3-2-4-6-13)18-10-12-7-14(16)9-15(17)8-12/h2-9,11,18H,10H2,1H3. The molecule has 94 valence electrons. The molecule has 2 aromatic carbocycles. The largest absolute Gasteiger partial charge is 0.306 e. The Labute approximate surface area is 115 Å². The third-order valence-corrected chi connectivity index (χ3v) is 3.29. The number of halogens is 2. The summed E-state index contributed by atoms with van der Waals surface area (Å²) in [5.41, 5.74) is 2.16. The number of benzene rings is 2. The monoisotopic (exact) mass is 307 g/mol. The van der Waals surface area contributed by atoms with E-state index >= 15 is 0 Å². The van der Waals surface area contributed by atoms with Crippen LogP contribution in [0.2, 0.25) is 0 Å². The fourth-order valence-electron chi connectivity index (χ4n) is 1.84. The molecule has 0 amide bonds. The Morgan fingerprint density at radius 3 is 2.56 bits per heavy atom. The van der Waals surface area contributed by atoms with Crippen LogP contribution < -0.4 is 5.32 Å². The summed E-state index contributed by atoms with van der Waals surface area (Å²) in [5.74, 6) is -0.214. The lowest BCUT2D eigenvalue weighted by molar-refractivity contribution is 0.569. The predicted molar refractivity (Wildman–Crippen MR) is 75.8 cm³/mol. The van der Waals surface area contributed by atoms with Crippen LogP contribution in [0, 0.1) is 5.82 Å². The van der Waals surface area contributed by atoms with Crippen molar-refractivity contribution in [2.24, 2.45) is 0 Å². The van der Waals surface area contributed by atoms with Crippen LogP contribution >= 0.6 is 15.9 Å². The molecular weight excluding hydrogens is 293 g/mol. The van der Waals surface area contributed by atoms with Gasteiger partial charge in [-0.15, -0.1) is 0 Å². The van der Waals surface area contributed by atoms with Crippen LogP contribution in [0.25, 0.3) is 0 Å². The normalized spacial score (nSPS) is 12.4. The van der Waals surface area contributed by atoms with E-state index < -0.39 is 0 Å². The van der Waals surface area contributed by atoms with Crippen molar-refractivity contribution in [2.75, 3.05) is 0 Å². The second kappa shape index (κ2) is 6.12. The molecule has 0 aliphatic heterocycles. The van der Waals surface area contributed by atoms with E-state index in [4.69, 9.17) is 0 Å². The molecule has 0 aromatic heterocycles. The summed E-state index contributed by atoms with van der Waals surface area (Å²) >= 11 is 3.30. The highest BCUT2D eigenvalue weighted by Gasteiger charge is 2.05. The third kappa shape index (κ3) is 3.65. The molecular formula is C15H15BrFN. The van der Waals surface area contributed by atoms with Gasteiger partial charge in [-0.25, -0.2) is 4.39 Å². The van der Waals surface area contributed by atoms with Gasteiger partial charge in [-0.2, -0.15) is 0 Å². The Morgan fingerprint density at radius 2 is 1.89 bits per heavy atom. The van der Waals surface area contributed by atoms with Crippen LogP contribution in [0.5, 0.6) is 0 Å². The van der Waals surface area contributed by atoms with Crippen LogP contribution in [-0.2, 0) is 6.54 Å². The van der Waals surface area contributed by atoms with Crippen LogP contribution in [0.3, 0.4) is 0 Å². The lowest BCUT2D eigenvalue weighted by atomic mass is 10.1. The Morgan fingerprint density at radius 1 is 1.17 bits per heavy atom. The van der Waals surface area contributed by atoms with Gasteiger partial charge in [0.2, 0.25) is 0 Å². The summed E-state index contributed by atoms with van der Waals surface area (Å²) in [7, 11) is 0. The van der Waals surface area contributed by atoms with Crippen molar-refractivity contribution in [1.29, 1.82) is 0 Å². The van der Waals surface area contributed by atoms with Gasteiger partial charge in [0.15, 0.2) is 0 Å². The molecule has 2 rings (SSSR count). The molecule has 1 unspecified atom stereocenters. The second-order valence-corrected chi connectivity index (χ2v) is 5.21. The number of hydrogen-bond acceptors (Lipinski definition) is 1. The Hall–Kier alpha value is -1.19. The van der Waals surface area contributed by atoms with Crippen molar-refractivity contribution >= 4 is 15.9 Å². The Bertz CT molecular complexity index is 493. The fraction of sp³-hybridized carbons (Fsp3) is 0.200. The van der Waals surface area contributed by atoms with Gasteiger partial charge >= 0.3 is 0 Å². The molecule has 18 heavy (non-hydrogen) atoms. The first-order valence-electron chi connectivity index (χ1n) is 5.88. The van der Waals surface area contributed by atoms with Gasteiger partial charge in [0.1, 0.15) is 5.82 Å².